The van der Waals surface area contributed by atoms with Gasteiger partial charge in [0.25, 0.3) is 0 Å². The first-order valence-corrected chi connectivity index (χ1v) is 3.92. The Balaban J connectivity index is 3.39. The number of primary amides is 1. The maximum Gasteiger partial charge on any atom is 0.235 e. The van der Waals surface area contributed by atoms with Crippen LogP contribution in [0, 0.1) is 0 Å². The van der Waals surface area contributed by atoms with Crippen molar-refractivity contribution in [1.29, 1.82) is 0 Å². The first-order chi connectivity index (χ1) is 5.04. The molecule has 5 heteroatoms. The Morgan fingerprint density at radius 3 is 2.64 bits per heavy atom. The molecule has 0 heterocycles. The summed E-state index contributed by atoms with van der Waals surface area (Å²) in [5.41, 5.74) is 10.2. The van der Waals surface area contributed by atoms with E-state index in [0.717, 1.165) is 4.48 Å². The molecule has 0 aromatic rings. The Kier molecular flexibility index (Phi) is 5.10. The standard InChI is InChI=1S/C6H12BrN3O/c1-4(7)2-10-3-5(8)6(9)11/h5,10H,1-3,8H2,(H2,9,11). The third kappa shape index (κ3) is 6.03. The molecule has 64 valence electrons. The van der Waals surface area contributed by atoms with Crippen LogP contribution in [0.25, 0.3) is 0 Å². The van der Waals surface area contributed by atoms with E-state index in [1.165, 1.54) is 0 Å². The first-order valence-electron chi connectivity index (χ1n) is 3.13. The van der Waals surface area contributed by atoms with Crippen molar-refractivity contribution >= 4 is 21.8 Å². The molecule has 0 aromatic heterocycles. The Hall–Kier alpha value is -0.390. The summed E-state index contributed by atoms with van der Waals surface area (Å²) in [6.45, 7) is 4.55. The number of carbonyl (C=O) groups is 1. The molecule has 5 N–H and O–H groups in total. The highest BCUT2D eigenvalue weighted by Crippen LogP contribution is 1.95. The molecule has 11 heavy (non-hydrogen) atoms. The summed E-state index contributed by atoms with van der Waals surface area (Å²) < 4.78 is 0.814. The SMILES string of the molecule is C=C(Br)CNCC(N)C(N)=O. The average molecular weight is 222 g/mol. The van der Waals surface area contributed by atoms with Gasteiger partial charge in [0, 0.05) is 17.6 Å². The van der Waals surface area contributed by atoms with Gasteiger partial charge in [0.2, 0.25) is 5.91 Å². The van der Waals surface area contributed by atoms with Crippen LogP contribution in [0.5, 0.6) is 0 Å². The van der Waals surface area contributed by atoms with Crippen molar-refractivity contribution in [1.82, 2.24) is 5.32 Å². The predicted octanol–water partition coefficient (Wildman–Crippen LogP) is -0.703. The zero-order valence-corrected chi connectivity index (χ0v) is 7.73. The molecule has 0 aromatic carbocycles. The molecular formula is C6H12BrN3O. The Bertz CT molecular complexity index is 160. The number of carbonyl (C=O) groups excluding carboxylic acids is 1. The van der Waals surface area contributed by atoms with Crippen LogP contribution in [-0.2, 0) is 4.79 Å². The molecule has 0 fully saturated rings. The minimum atomic E-state index is -0.623. The van der Waals surface area contributed by atoms with Gasteiger partial charge in [-0.2, -0.15) is 0 Å². The number of hydrogen-bond donors (Lipinski definition) is 3. The molecule has 1 amide bonds. The van der Waals surface area contributed by atoms with Crippen LogP contribution < -0.4 is 16.8 Å². The minimum Gasteiger partial charge on any atom is -0.368 e. The van der Waals surface area contributed by atoms with Crippen LogP contribution in [0.15, 0.2) is 11.1 Å². The summed E-state index contributed by atoms with van der Waals surface area (Å²) in [5, 5.41) is 2.89. The van der Waals surface area contributed by atoms with Crippen molar-refractivity contribution in [2.24, 2.45) is 11.5 Å². The predicted molar refractivity (Wildman–Crippen MR) is 48.1 cm³/mol. The van der Waals surface area contributed by atoms with Gasteiger partial charge in [0.05, 0.1) is 6.04 Å². The highest BCUT2D eigenvalue weighted by molar-refractivity contribution is 9.11. The largest absolute Gasteiger partial charge is 0.368 e. The number of rotatable bonds is 5. The zero-order chi connectivity index (χ0) is 8.85. The zero-order valence-electron chi connectivity index (χ0n) is 6.14. The van der Waals surface area contributed by atoms with E-state index in [1.54, 1.807) is 0 Å². The van der Waals surface area contributed by atoms with Crippen LogP contribution in [0.2, 0.25) is 0 Å². The van der Waals surface area contributed by atoms with Gasteiger partial charge in [0.15, 0.2) is 0 Å². The maximum absolute atomic E-state index is 10.4. The number of halogens is 1. The maximum atomic E-state index is 10.4. The lowest BCUT2D eigenvalue weighted by Gasteiger charge is -2.07. The van der Waals surface area contributed by atoms with Crippen molar-refractivity contribution in [3.63, 3.8) is 0 Å². The van der Waals surface area contributed by atoms with Crippen LogP contribution in [0.4, 0.5) is 0 Å². The van der Waals surface area contributed by atoms with Crippen molar-refractivity contribution in [2.75, 3.05) is 13.1 Å². The minimum absolute atomic E-state index is 0.375. The van der Waals surface area contributed by atoms with E-state index in [9.17, 15) is 4.79 Å². The third-order valence-corrected chi connectivity index (χ3v) is 1.33. The van der Waals surface area contributed by atoms with Crippen molar-refractivity contribution in [3.8, 4) is 0 Å². The second-order valence-corrected chi connectivity index (χ2v) is 3.28. The normalized spacial score (nSPS) is 12.5. The second kappa shape index (κ2) is 5.29. The number of nitrogens with one attached hydrogen (secondary N) is 1. The quantitative estimate of drug-likeness (QED) is 0.575. The van der Waals surface area contributed by atoms with Crippen molar-refractivity contribution < 1.29 is 4.79 Å². The van der Waals surface area contributed by atoms with Crippen LogP contribution >= 0.6 is 15.9 Å². The highest BCUT2D eigenvalue weighted by Gasteiger charge is 2.06. The van der Waals surface area contributed by atoms with E-state index in [1.807, 2.05) is 0 Å². The fourth-order valence-corrected chi connectivity index (χ4v) is 0.662. The topological polar surface area (TPSA) is 81.1 Å². The lowest BCUT2D eigenvalue weighted by Crippen LogP contribution is -2.44. The van der Waals surface area contributed by atoms with Gasteiger partial charge in [-0.1, -0.05) is 22.5 Å². The highest BCUT2D eigenvalue weighted by atomic mass is 79.9. The van der Waals surface area contributed by atoms with Gasteiger partial charge >= 0.3 is 0 Å². The second-order valence-electron chi connectivity index (χ2n) is 2.16. The van der Waals surface area contributed by atoms with Gasteiger partial charge in [-0.25, -0.2) is 0 Å². The molecule has 0 aliphatic carbocycles. The average Bonchev–Trinajstić information content (AvgIpc) is 1.86. The Morgan fingerprint density at radius 1 is 1.73 bits per heavy atom. The van der Waals surface area contributed by atoms with E-state index in [0.29, 0.717) is 13.1 Å². The van der Waals surface area contributed by atoms with Crippen molar-refractivity contribution in [3.05, 3.63) is 11.1 Å². The van der Waals surface area contributed by atoms with E-state index in [4.69, 9.17) is 11.5 Å². The molecule has 1 atom stereocenters. The van der Waals surface area contributed by atoms with Crippen LogP contribution in [-0.4, -0.2) is 25.0 Å². The molecule has 0 bridgehead atoms. The lowest BCUT2D eigenvalue weighted by molar-refractivity contribution is -0.119. The summed E-state index contributed by atoms with van der Waals surface area (Å²) in [5.74, 6) is -0.502. The third-order valence-electron chi connectivity index (χ3n) is 1.05. The molecular weight excluding hydrogens is 210 g/mol. The summed E-state index contributed by atoms with van der Waals surface area (Å²) in [6.07, 6.45) is 0. The van der Waals surface area contributed by atoms with Gasteiger partial charge in [-0.05, 0) is 0 Å². The molecule has 0 radical (unpaired) electrons. The van der Waals surface area contributed by atoms with E-state index in [2.05, 4.69) is 27.8 Å². The van der Waals surface area contributed by atoms with Crippen molar-refractivity contribution in [2.45, 2.75) is 6.04 Å². The molecule has 0 aliphatic heterocycles. The fourth-order valence-electron chi connectivity index (χ4n) is 0.464. The Morgan fingerprint density at radius 2 is 2.27 bits per heavy atom. The summed E-state index contributed by atoms with van der Waals surface area (Å²) in [7, 11) is 0. The van der Waals surface area contributed by atoms with Gasteiger partial charge < -0.3 is 16.8 Å². The summed E-state index contributed by atoms with van der Waals surface area (Å²) in [4.78, 5) is 10.4. The van der Waals surface area contributed by atoms with E-state index < -0.39 is 11.9 Å². The number of nitrogens with two attached hydrogens (primary N) is 2. The first kappa shape index (κ1) is 10.6. The van der Waals surface area contributed by atoms with E-state index >= 15 is 0 Å². The lowest BCUT2D eigenvalue weighted by atomic mass is 10.3. The van der Waals surface area contributed by atoms with Gasteiger partial charge in [-0.3, -0.25) is 4.79 Å². The Labute approximate surface area is 74.1 Å². The molecule has 0 saturated heterocycles. The molecule has 0 aliphatic rings. The molecule has 0 rings (SSSR count). The smallest absolute Gasteiger partial charge is 0.235 e. The van der Waals surface area contributed by atoms with E-state index in [-0.39, 0.29) is 0 Å². The van der Waals surface area contributed by atoms with Gasteiger partial charge in [0.1, 0.15) is 0 Å². The molecule has 0 spiro atoms. The van der Waals surface area contributed by atoms with Crippen LogP contribution in [0.3, 0.4) is 0 Å². The van der Waals surface area contributed by atoms with Crippen LogP contribution in [0.1, 0.15) is 0 Å². The molecule has 4 nitrogen and oxygen atoms in total. The molecule has 0 saturated carbocycles. The molecule has 1 unspecified atom stereocenters. The summed E-state index contributed by atoms with van der Waals surface area (Å²) in [6, 6.07) is -0.623. The van der Waals surface area contributed by atoms with Gasteiger partial charge in [-0.15, -0.1) is 0 Å². The summed E-state index contributed by atoms with van der Waals surface area (Å²) >= 11 is 3.15. The fraction of sp³-hybridized carbons (Fsp3) is 0.500. The number of amides is 1. The monoisotopic (exact) mass is 221 g/mol. The number of hydrogen-bond acceptors (Lipinski definition) is 3.